The van der Waals surface area contributed by atoms with Gasteiger partial charge in [0.15, 0.2) is 0 Å². The van der Waals surface area contributed by atoms with Crippen molar-refractivity contribution in [2.45, 2.75) is 64.0 Å². The first kappa shape index (κ1) is 18.7. The first-order valence-corrected chi connectivity index (χ1v) is 10.4. The SMILES string of the molecule is Cc1nc(C)c(-c2ccnc(N3CCC(NC4CCC(F)(F)CC4)C3)n2)s1. The van der Waals surface area contributed by atoms with Crippen LogP contribution in [0.3, 0.4) is 0 Å². The second-order valence-corrected chi connectivity index (χ2v) is 8.82. The van der Waals surface area contributed by atoms with Gasteiger partial charge < -0.3 is 10.2 Å². The number of aromatic nitrogens is 3. The largest absolute Gasteiger partial charge is 0.339 e. The highest BCUT2D eigenvalue weighted by Crippen LogP contribution is 2.34. The van der Waals surface area contributed by atoms with Crippen molar-refractivity contribution in [3.05, 3.63) is 23.0 Å². The molecule has 1 N–H and O–H groups in total. The molecule has 2 aromatic heterocycles. The van der Waals surface area contributed by atoms with E-state index in [1.807, 2.05) is 19.9 Å². The molecule has 0 bridgehead atoms. The Hall–Kier alpha value is -1.67. The molecule has 27 heavy (non-hydrogen) atoms. The Morgan fingerprint density at radius 1 is 1.15 bits per heavy atom. The summed E-state index contributed by atoms with van der Waals surface area (Å²) in [6.07, 6.45) is 3.90. The third kappa shape index (κ3) is 4.27. The molecular weight excluding hydrogens is 368 g/mol. The maximum absolute atomic E-state index is 13.3. The van der Waals surface area contributed by atoms with Gasteiger partial charge in [-0.25, -0.2) is 23.7 Å². The highest BCUT2D eigenvalue weighted by atomic mass is 32.1. The summed E-state index contributed by atoms with van der Waals surface area (Å²) < 4.78 is 26.7. The Morgan fingerprint density at radius 2 is 1.93 bits per heavy atom. The van der Waals surface area contributed by atoms with Crippen LogP contribution in [0.1, 0.15) is 42.8 Å². The highest BCUT2D eigenvalue weighted by molar-refractivity contribution is 7.15. The lowest BCUT2D eigenvalue weighted by atomic mass is 9.91. The number of hydrogen-bond acceptors (Lipinski definition) is 6. The number of anilines is 1. The van der Waals surface area contributed by atoms with Crippen LogP contribution in [0.25, 0.3) is 10.6 Å². The van der Waals surface area contributed by atoms with Crippen molar-refractivity contribution in [3.63, 3.8) is 0 Å². The van der Waals surface area contributed by atoms with Crippen molar-refractivity contribution in [1.29, 1.82) is 0 Å². The number of alkyl halides is 2. The van der Waals surface area contributed by atoms with Gasteiger partial charge >= 0.3 is 0 Å². The van der Waals surface area contributed by atoms with Crippen LogP contribution >= 0.6 is 11.3 Å². The van der Waals surface area contributed by atoms with Crippen LogP contribution in [0, 0.1) is 13.8 Å². The van der Waals surface area contributed by atoms with Crippen LogP contribution in [0.2, 0.25) is 0 Å². The van der Waals surface area contributed by atoms with Gasteiger partial charge in [-0.3, -0.25) is 0 Å². The van der Waals surface area contributed by atoms with E-state index in [9.17, 15) is 8.78 Å². The molecule has 8 heteroatoms. The molecule has 5 nitrogen and oxygen atoms in total. The smallest absolute Gasteiger partial charge is 0.248 e. The van der Waals surface area contributed by atoms with Crippen LogP contribution in [-0.2, 0) is 0 Å². The van der Waals surface area contributed by atoms with Crippen molar-refractivity contribution in [3.8, 4) is 10.6 Å². The number of rotatable bonds is 4. The van der Waals surface area contributed by atoms with Crippen molar-refractivity contribution in [1.82, 2.24) is 20.3 Å². The van der Waals surface area contributed by atoms with Gasteiger partial charge in [0.2, 0.25) is 11.9 Å². The molecule has 1 saturated carbocycles. The van der Waals surface area contributed by atoms with E-state index >= 15 is 0 Å². The molecule has 4 rings (SSSR count). The molecule has 3 heterocycles. The van der Waals surface area contributed by atoms with E-state index in [4.69, 9.17) is 4.98 Å². The lowest BCUT2D eigenvalue weighted by Crippen LogP contribution is -2.43. The molecule has 2 aliphatic rings. The second-order valence-electron chi connectivity index (χ2n) is 7.62. The van der Waals surface area contributed by atoms with Crippen molar-refractivity contribution >= 4 is 17.3 Å². The number of thiazole rings is 1. The predicted molar refractivity (Wildman–Crippen MR) is 104 cm³/mol. The fraction of sp³-hybridized carbons (Fsp3) is 0.632. The molecule has 1 aliphatic carbocycles. The Kier molecular flexibility index (Phi) is 5.11. The average Bonchev–Trinajstić information content (AvgIpc) is 3.23. The number of nitrogens with one attached hydrogen (secondary N) is 1. The predicted octanol–water partition coefficient (Wildman–Crippen LogP) is 3.96. The second kappa shape index (κ2) is 7.39. The third-order valence-corrected chi connectivity index (χ3v) is 6.53. The summed E-state index contributed by atoms with van der Waals surface area (Å²) in [4.78, 5) is 17.0. The lowest BCUT2D eigenvalue weighted by Gasteiger charge is -2.31. The molecule has 2 aromatic rings. The number of halogens is 2. The van der Waals surface area contributed by atoms with Gasteiger partial charge in [-0.2, -0.15) is 0 Å². The average molecular weight is 394 g/mol. The monoisotopic (exact) mass is 393 g/mol. The van der Waals surface area contributed by atoms with Crippen LogP contribution in [0.5, 0.6) is 0 Å². The third-order valence-electron chi connectivity index (χ3n) is 5.44. The van der Waals surface area contributed by atoms with Gasteiger partial charge in [-0.1, -0.05) is 0 Å². The molecule has 0 aromatic carbocycles. The minimum atomic E-state index is -2.47. The van der Waals surface area contributed by atoms with Crippen LogP contribution in [0.15, 0.2) is 12.3 Å². The van der Waals surface area contributed by atoms with E-state index < -0.39 is 5.92 Å². The summed E-state index contributed by atoms with van der Waals surface area (Å²) in [6.45, 7) is 5.70. The minimum absolute atomic E-state index is 0.000125. The van der Waals surface area contributed by atoms with Crippen LogP contribution in [-0.4, -0.2) is 46.0 Å². The molecule has 2 fully saturated rings. The van der Waals surface area contributed by atoms with E-state index in [0.717, 1.165) is 46.7 Å². The molecule has 1 aliphatic heterocycles. The van der Waals surface area contributed by atoms with Crippen molar-refractivity contribution in [2.24, 2.45) is 0 Å². The van der Waals surface area contributed by atoms with Crippen LogP contribution in [0.4, 0.5) is 14.7 Å². The molecule has 1 saturated heterocycles. The quantitative estimate of drug-likeness (QED) is 0.852. The highest BCUT2D eigenvalue weighted by Gasteiger charge is 2.36. The van der Waals surface area contributed by atoms with E-state index in [2.05, 4.69) is 20.2 Å². The molecular formula is C19H25F2N5S. The normalized spacial score (nSPS) is 23.1. The Bertz CT molecular complexity index is 799. The summed E-state index contributed by atoms with van der Waals surface area (Å²) >= 11 is 1.65. The fourth-order valence-corrected chi connectivity index (χ4v) is 4.90. The molecule has 1 atom stereocenters. The summed E-state index contributed by atoms with van der Waals surface area (Å²) in [5.74, 6) is -1.74. The molecule has 146 valence electrons. The van der Waals surface area contributed by atoms with E-state index in [1.54, 1.807) is 17.5 Å². The van der Waals surface area contributed by atoms with Crippen LogP contribution < -0.4 is 10.2 Å². The van der Waals surface area contributed by atoms with E-state index in [-0.39, 0.29) is 18.9 Å². The Labute approximate surface area is 162 Å². The Morgan fingerprint density at radius 3 is 2.63 bits per heavy atom. The molecule has 0 spiro atoms. The molecule has 0 radical (unpaired) electrons. The number of aryl methyl sites for hydroxylation is 2. The summed E-state index contributed by atoms with van der Waals surface area (Å²) in [5.41, 5.74) is 1.91. The summed E-state index contributed by atoms with van der Waals surface area (Å²) in [6, 6.07) is 2.43. The van der Waals surface area contributed by atoms with Gasteiger partial charge in [-0.05, 0) is 39.2 Å². The van der Waals surface area contributed by atoms with Gasteiger partial charge in [0.1, 0.15) is 0 Å². The summed E-state index contributed by atoms with van der Waals surface area (Å²) in [5, 5.41) is 4.61. The van der Waals surface area contributed by atoms with Crippen molar-refractivity contribution in [2.75, 3.05) is 18.0 Å². The zero-order valence-corrected chi connectivity index (χ0v) is 16.5. The Balaban J connectivity index is 1.39. The zero-order valence-electron chi connectivity index (χ0n) is 15.7. The van der Waals surface area contributed by atoms with Gasteiger partial charge in [-0.15, -0.1) is 11.3 Å². The maximum atomic E-state index is 13.3. The molecule has 1 unspecified atom stereocenters. The lowest BCUT2D eigenvalue weighted by molar-refractivity contribution is -0.0410. The van der Waals surface area contributed by atoms with E-state index in [1.165, 1.54) is 0 Å². The van der Waals surface area contributed by atoms with Gasteiger partial charge in [0.25, 0.3) is 0 Å². The number of hydrogen-bond donors (Lipinski definition) is 1. The number of nitrogens with zero attached hydrogens (tertiary/aromatic N) is 4. The summed E-state index contributed by atoms with van der Waals surface area (Å²) in [7, 11) is 0. The topological polar surface area (TPSA) is 53.9 Å². The van der Waals surface area contributed by atoms with Crippen molar-refractivity contribution < 1.29 is 8.78 Å². The first-order chi connectivity index (χ1) is 12.9. The fourth-order valence-electron chi connectivity index (χ4n) is 4.01. The standard InChI is InChI=1S/C19H25F2N5S/c1-12-17(27-13(2)23-12)16-5-9-22-18(25-16)26-10-6-15(11-26)24-14-3-7-19(20,21)8-4-14/h5,9,14-15,24H,3-4,6-8,10-11H2,1-2H3. The van der Waals surface area contributed by atoms with Gasteiger partial charge in [0, 0.05) is 44.2 Å². The maximum Gasteiger partial charge on any atom is 0.248 e. The molecule has 0 amide bonds. The minimum Gasteiger partial charge on any atom is -0.339 e. The zero-order chi connectivity index (χ0) is 19.0. The first-order valence-electron chi connectivity index (χ1n) is 9.56. The van der Waals surface area contributed by atoms with E-state index in [0.29, 0.717) is 18.9 Å². The van der Waals surface area contributed by atoms with Gasteiger partial charge in [0.05, 0.1) is 21.3 Å².